The molecule has 2 heterocycles. The van der Waals surface area contributed by atoms with Gasteiger partial charge < -0.3 is 9.52 Å². The molecule has 0 bridgehead atoms. The van der Waals surface area contributed by atoms with Crippen LogP contribution in [0.5, 0.6) is 0 Å². The molecule has 1 aliphatic rings. The summed E-state index contributed by atoms with van der Waals surface area (Å²) in [5, 5.41) is 8.98. The number of likely N-dealkylation sites (N-methyl/N-ethyl adjacent to an activating group) is 1. The number of carboxylic acids is 1. The van der Waals surface area contributed by atoms with Gasteiger partial charge >= 0.3 is 5.97 Å². The first-order valence-corrected chi connectivity index (χ1v) is 6.73. The first-order chi connectivity index (χ1) is 9.67. The lowest BCUT2D eigenvalue weighted by molar-refractivity contribution is 0.0697. The van der Waals surface area contributed by atoms with Crippen LogP contribution in [0.2, 0.25) is 0 Å². The maximum absolute atomic E-state index is 10.9. The van der Waals surface area contributed by atoms with Gasteiger partial charge in [0.2, 0.25) is 5.89 Å². The number of oxazole rings is 1. The zero-order valence-corrected chi connectivity index (χ0v) is 11.3. The second-order valence-electron chi connectivity index (χ2n) is 4.88. The number of carboxylic acid groups (broad SMARTS) is 1. The second-order valence-corrected chi connectivity index (χ2v) is 4.88. The van der Waals surface area contributed by atoms with E-state index in [0.29, 0.717) is 17.0 Å². The molecule has 20 heavy (non-hydrogen) atoms. The maximum atomic E-state index is 10.9. The Morgan fingerprint density at radius 1 is 1.50 bits per heavy atom. The van der Waals surface area contributed by atoms with Crippen LogP contribution in [0, 0.1) is 0 Å². The molecule has 5 nitrogen and oxygen atoms in total. The summed E-state index contributed by atoms with van der Waals surface area (Å²) in [7, 11) is 0. The van der Waals surface area contributed by atoms with Crippen molar-refractivity contribution in [2.45, 2.75) is 13.3 Å². The molecule has 0 saturated carbocycles. The quantitative estimate of drug-likeness (QED) is 0.930. The van der Waals surface area contributed by atoms with Crippen LogP contribution in [0.1, 0.15) is 29.6 Å². The normalized spacial score (nSPS) is 16.4. The van der Waals surface area contributed by atoms with Gasteiger partial charge in [-0.2, -0.15) is 0 Å². The van der Waals surface area contributed by atoms with Crippen LogP contribution in [0.3, 0.4) is 0 Å². The number of aromatic nitrogens is 1. The zero-order valence-electron chi connectivity index (χ0n) is 11.3. The topological polar surface area (TPSA) is 66.6 Å². The molecule has 0 aliphatic carbocycles. The van der Waals surface area contributed by atoms with Crippen molar-refractivity contribution in [3.05, 3.63) is 35.7 Å². The molecule has 104 valence electrons. The number of aromatic carboxylic acids is 1. The van der Waals surface area contributed by atoms with E-state index in [4.69, 9.17) is 9.52 Å². The minimum atomic E-state index is -0.952. The van der Waals surface area contributed by atoms with Gasteiger partial charge in [0.05, 0.1) is 5.56 Å². The number of benzene rings is 1. The second kappa shape index (κ2) is 5.09. The summed E-state index contributed by atoms with van der Waals surface area (Å²) in [6.45, 7) is 5.09. The fourth-order valence-electron chi connectivity index (χ4n) is 2.39. The number of fused-ring (bicyclic) bond motifs is 1. The fourth-order valence-corrected chi connectivity index (χ4v) is 2.39. The van der Waals surface area contributed by atoms with Crippen LogP contribution in [-0.4, -0.2) is 40.6 Å². The molecular weight excluding hydrogens is 256 g/mol. The van der Waals surface area contributed by atoms with Gasteiger partial charge in [-0.25, -0.2) is 9.78 Å². The van der Waals surface area contributed by atoms with Crippen molar-refractivity contribution >= 4 is 22.6 Å². The summed E-state index contributed by atoms with van der Waals surface area (Å²) in [6, 6.07) is 4.75. The third kappa shape index (κ3) is 2.32. The van der Waals surface area contributed by atoms with Gasteiger partial charge in [-0.05, 0) is 31.2 Å². The highest BCUT2D eigenvalue weighted by Crippen LogP contribution is 2.26. The Morgan fingerprint density at radius 3 is 3.00 bits per heavy atom. The van der Waals surface area contributed by atoms with E-state index >= 15 is 0 Å². The van der Waals surface area contributed by atoms with Crippen LogP contribution in [0.15, 0.2) is 28.7 Å². The van der Waals surface area contributed by atoms with Crippen LogP contribution in [-0.2, 0) is 0 Å². The Labute approximate surface area is 116 Å². The smallest absolute Gasteiger partial charge is 0.335 e. The average molecular weight is 272 g/mol. The lowest BCUT2D eigenvalue weighted by atomic mass is 10.1. The summed E-state index contributed by atoms with van der Waals surface area (Å²) >= 11 is 0. The van der Waals surface area contributed by atoms with Crippen molar-refractivity contribution in [1.29, 1.82) is 0 Å². The van der Waals surface area contributed by atoms with Crippen molar-refractivity contribution in [1.82, 2.24) is 9.88 Å². The molecular formula is C15H16N2O3. The first-order valence-electron chi connectivity index (χ1n) is 6.73. The summed E-state index contributed by atoms with van der Waals surface area (Å²) in [5.74, 6) is -0.342. The first kappa shape index (κ1) is 12.9. The molecule has 2 aromatic rings. The van der Waals surface area contributed by atoms with E-state index in [2.05, 4.69) is 22.9 Å². The van der Waals surface area contributed by atoms with Crippen LogP contribution in [0.4, 0.5) is 0 Å². The predicted octanol–water partition coefficient (Wildman–Crippen LogP) is 2.64. The summed E-state index contributed by atoms with van der Waals surface area (Å²) in [4.78, 5) is 17.7. The monoisotopic (exact) mass is 272 g/mol. The van der Waals surface area contributed by atoms with Crippen LogP contribution in [0.25, 0.3) is 16.7 Å². The Kier molecular flexibility index (Phi) is 3.28. The highest BCUT2D eigenvalue weighted by atomic mass is 16.4. The Hall–Kier alpha value is -2.14. The van der Waals surface area contributed by atoms with Crippen LogP contribution >= 0.6 is 0 Å². The van der Waals surface area contributed by atoms with Gasteiger partial charge in [0.1, 0.15) is 5.52 Å². The molecule has 0 radical (unpaired) electrons. The van der Waals surface area contributed by atoms with Crippen molar-refractivity contribution in [2.24, 2.45) is 0 Å². The molecule has 5 heteroatoms. The molecule has 0 amide bonds. The van der Waals surface area contributed by atoms with Crippen molar-refractivity contribution in [3.63, 3.8) is 0 Å². The Balaban J connectivity index is 1.93. The summed E-state index contributed by atoms with van der Waals surface area (Å²) in [6.07, 6.45) is 3.04. The Morgan fingerprint density at radius 2 is 2.35 bits per heavy atom. The van der Waals surface area contributed by atoms with E-state index < -0.39 is 5.97 Å². The van der Waals surface area contributed by atoms with E-state index in [1.54, 1.807) is 12.1 Å². The average Bonchev–Trinajstić information content (AvgIpc) is 2.90. The number of nitrogens with zero attached hydrogens (tertiary/aromatic N) is 2. The highest BCUT2D eigenvalue weighted by Gasteiger charge is 2.16. The fraction of sp³-hybridized carbons (Fsp3) is 0.333. The molecule has 1 aliphatic heterocycles. The molecule has 0 spiro atoms. The van der Waals surface area contributed by atoms with Gasteiger partial charge in [-0.15, -0.1) is 0 Å². The van der Waals surface area contributed by atoms with Gasteiger partial charge in [0, 0.05) is 18.7 Å². The van der Waals surface area contributed by atoms with E-state index in [-0.39, 0.29) is 5.56 Å². The number of carbonyl (C=O) groups is 1. The molecule has 0 saturated heterocycles. The SMILES string of the molecule is CCN1CC=C(c2nc3cc(C(=O)O)ccc3o2)CC1. The number of hydrogen-bond acceptors (Lipinski definition) is 4. The molecule has 0 atom stereocenters. The van der Waals surface area contributed by atoms with E-state index in [9.17, 15) is 4.79 Å². The maximum Gasteiger partial charge on any atom is 0.335 e. The van der Waals surface area contributed by atoms with Crippen LogP contribution < -0.4 is 0 Å². The van der Waals surface area contributed by atoms with Crippen molar-refractivity contribution < 1.29 is 14.3 Å². The standard InChI is InChI=1S/C15H16N2O3/c1-2-17-7-5-10(6-8-17)14-16-12-9-11(15(18)19)3-4-13(12)20-14/h3-5,9H,2,6-8H2,1H3,(H,18,19). The van der Waals surface area contributed by atoms with Gasteiger partial charge in [-0.1, -0.05) is 13.0 Å². The van der Waals surface area contributed by atoms with E-state index in [0.717, 1.165) is 31.6 Å². The molecule has 0 unspecified atom stereocenters. The number of rotatable bonds is 3. The summed E-state index contributed by atoms with van der Waals surface area (Å²) in [5.41, 5.74) is 2.55. The van der Waals surface area contributed by atoms with E-state index in [1.807, 2.05) is 0 Å². The number of hydrogen-bond donors (Lipinski definition) is 1. The minimum absolute atomic E-state index is 0.229. The van der Waals surface area contributed by atoms with Gasteiger partial charge in [0.25, 0.3) is 0 Å². The van der Waals surface area contributed by atoms with Gasteiger partial charge in [0.15, 0.2) is 5.58 Å². The third-order valence-corrected chi connectivity index (χ3v) is 3.65. The predicted molar refractivity (Wildman–Crippen MR) is 75.7 cm³/mol. The van der Waals surface area contributed by atoms with Crippen molar-refractivity contribution in [3.8, 4) is 0 Å². The Bertz CT molecular complexity index is 687. The lowest BCUT2D eigenvalue weighted by Gasteiger charge is -2.23. The molecule has 3 rings (SSSR count). The van der Waals surface area contributed by atoms with E-state index in [1.165, 1.54) is 6.07 Å². The minimum Gasteiger partial charge on any atom is -0.478 e. The zero-order chi connectivity index (χ0) is 14.1. The highest BCUT2D eigenvalue weighted by molar-refractivity contribution is 5.92. The molecule has 1 aromatic heterocycles. The lowest BCUT2D eigenvalue weighted by Crippen LogP contribution is -2.28. The molecule has 0 fully saturated rings. The largest absolute Gasteiger partial charge is 0.478 e. The van der Waals surface area contributed by atoms with Crippen molar-refractivity contribution in [2.75, 3.05) is 19.6 Å². The summed E-state index contributed by atoms with van der Waals surface area (Å²) < 4.78 is 5.72. The van der Waals surface area contributed by atoms with Gasteiger partial charge in [-0.3, -0.25) is 4.90 Å². The molecule has 1 aromatic carbocycles. The third-order valence-electron chi connectivity index (χ3n) is 3.65. The molecule has 1 N–H and O–H groups in total.